The third kappa shape index (κ3) is 6.48. The lowest BCUT2D eigenvalue weighted by Crippen LogP contribution is -2.13. The minimum absolute atomic E-state index is 0.116. The van der Waals surface area contributed by atoms with Gasteiger partial charge in [0.05, 0.1) is 25.5 Å². The fourth-order valence-corrected chi connectivity index (χ4v) is 3.51. The van der Waals surface area contributed by atoms with Gasteiger partial charge in [-0.05, 0) is 73.5 Å². The zero-order chi connectivity index (χ0) is 26.1. The second-order valence-electron chi connectivity index (χ2n) is 7.85. The number of carboxylic acid groups (broad SMARTS) is 1. The van der Waals surface area contributed by atoms with E-state index in [9.17, 15) is 9.59 Å². The molecule has 4 rings (SSSR count). The van der Waals surface area contributed by atoms with Crippen LogP contribution in [0, 0.1) is 13.8 Å². The van der Waals surface area contributed by atoms with E-state index in [1.807, 2.05) is 73.7 Å². The molecule has 36 heavy (non-hydrogen) atoms. The van der Waals surface area contributed by atoms with Gasteiger partial charge in [0, 0.05) is 23.0 Å². The molecule has 1 heterocycles. The Labute approximate surface area is 210 Å². The van der Waals surface area contributed by atoms with Crippen molar-refractivity contribution in [2.24, 2.45) is 0 Å². The van der Waals surface area contributed by atoms with Gasteiger partial charge in [0.2, 0.25) is 0 Å². The zero-order valence-corrected chi connectivity index (χ0v) is 20.6. The SMILES string of the molecule is COc1ccc(OC)c(-c2ccc(NC(=O)c3ccccc3C)cc2)c1.Cc1ncccc1C(=O)O. The monoisotopic (exact) mass is 484 g/mol. The van der Waals surface area contributed by atoms with Crippen LogP contribution in [0.25, 0.3) is 11.1 Å². The van der Waals surface area contributed by atoms with Crippen LogP contribution < -0.4 is 14.8 Å². The van der Waals surface area contributed by atoms with Gasteiger partial charge in [-0.3, -0.25) is 9.78 Å². The van der Waals surface area contributed by atoms with Crippen molar-refractivity contribution in [1.82, 2.24) is 4.98 Å². The van der Waals surface area contributed by atoms with Crippen LogP contribution in [0.4, 0.5) is 5.69 Å². The number of hydrogen-bond donors (Lipinski definition) is 2. The van der Waals surface area contributed by atoms with Crippen LogP contribution in [0.1, 0.15) is 32.0 Å². The van der Waals surface area contributed by atoms with E-state index < -0.39 is 5.97 Å². The Morgan fingerprint density at radius 2 is 1.53 bits per heavy atom. The number of nitrogens with zero attached hydrogens (tertiary/aromatic N) is 1. The fraction of sp³-hybridized carbons (Fsp3) is 0.138. The highest BCUT2D eigenvalue weighted by Crippen LogP contribution is 2.34. The summed E-state index contributed by atoms with van der Waals surface area (Å²) >= 11 is 0. The highest BCUT2D eigenvalue weighted by molar-refractivity contribution is 6.05. The van der Waals surface area contributed by atoms with Crippen molar-refractivity contribution in [3.63, 3.8) is 0 Å². The number of carboxylic acids is 1. The molecule has 7 nitrogen and oxygen atoms in total. The average Bonchev–Trinajstić information content (AvgIpc) is 2.89. The summed E-state index contributed by atoms with van der Waals surface area (Å²) in [7, 11) is 3.28. The number of aryl methyl sites for hydroxylation is 2. The van der Waals surface area contributed by atoms with E-state index in [1.54, 1.807) is 33.4 Å². The first-order valence-electron chi connectivity index (χ1n) is 11.2. The summed E-state index contributed by atoms with van der Waals surface area (Å²) in [6.45, 7) is 3.59. The number of nitrogens with one attached hydrogen (secondary N) is 1. The van der Waals surface area contributed by atoms with E-state index in [0.29, 0.717) is 11.3 Å². The Morgan fingerprint density at radius 3 is 2.11 bits per heavy atom. The Balaban J connectivity index is 0.000000303. The number of carbonyl (C=O) groups excluding carboxylic acids is 1. The van der Waals surface area contributed by atoms with Gasteiger partial charge >= 0.3 is 5.97 Å². The zero-order valence-electron chi connectivity index (χ0n) is 20.6. The number of anilines is 1. The summed E-state index contributed by atoms with van der Waals surface area (Å²) in [4.78, 5) is 26.6. The van der Waals surface area contributed by atoms with Crippen molar-refractivity contribution in [2.45, 2.75) is 13.8 Å². The molecule has 184 valence electrons. The molecule has 0 aliphatic carbocycles. The summed E-state index contributed by atoms with van der Waals surface area (Å²) in [6, 6.07) is 24.0. The van der Waals surface area contributed by atoms with Gasteiger partial charge in [0.1, 0.15) is 11.5 Å². The topological polar surface area (TPSA) is 97.8 Å². The van der Waals surface area contributed by atoms with Crippen molar-refractivity contribution in [3.05, 3.63) is 107 Å². The van der Waals surface area contributed by atoms with E-state index in [-0.39, 0.29) is 11.5 Å². The van der Waals surface area contributed by atoms with Crippen LogP contribution in [0.5, 0.6) is 11.5 Å². The molecule has 0 aliphatic rings. The molecule has 0 bridgehead atoms. The summed E-state index contributed by atoms with van der Waals surface area (Å²) in [5.74, 6) is 0.487. The van der Waals surface area contributed by atoms with Crippen molar-refractivity contribution in [3.8, 4) is 22.6 Å². The van der Waals surface area contributed by atoms with Gasteiger partial charge in [-0.2, -0.15) is 0 Å². The molecule has 0 unspecified atom stereocenters. The molecule has 0 saturated heterocycles. The number of amides is 1. The number of carbonyl (C=O) groups is 2. The van der Waals surface area contributed by atoms with Crippen LogP contribution in [0.2, 0.25) is 0 Å². The van der Waals surface area contributed by atoms with Crippen LogP contribution in [-0.2, 0) is 0 Å². The second kappa shape index (κ2) is 12.2. The third-order valence-electron chi connectivity index (χ3n) is 5.49. The Kier molecular flexibility index (Phi) is 8.78. The minimum atomic E-state index is -0.925. The Hall–Kier alpha value is -4.65. The first-order chi connectivity index (χ1) is 17.3. The maximum atomic E-state index is 12.4. The molecular formula is C29H28N2O5. The number of hydrogen-bond acceptors (Lipinski definition) is 5. The molecular weight excluding hydrogens is 456 g/mol. The van der Waals surface area contributed by atoms with E-state index in [2.05, 4.69) is 10.3 Å². The smallest absolute Gasteiger partial charge is 0.337 e. The molecule has 0 fully saturated rings. The molecule has 3 aromatic carbocycles. The molecule has 1 amide bonds. The van der Waals surface area contributed by atoms with Gasteiger partial charge in [-0.1, -0.05) is 30.3 Å². The standard InChI is InChI=1S/C22H21NO3.C7H7NO2/c1-15-6-4-5-7-19(15)22(24)23-17-10-8-16(9-11-17)20-14-18(25-2)12-13-21(20)26-3;1-5-6(7(9)10)3-2-4-8-5/h4-14H,1-3H3,(H,23,24);2-4H,1H3,(H,9,10). The van der Waals surface area contributed by atoms with E-state index >= 15 is 0 Å². The molecule has 0 radical (unpaired) electrons. The largest absolute Gasteiger partial charge is 0.497 e. The van der Waals surface area contributed by atoms with Crippen LogP contribution >= 0.6 is 0 Å². The Morgan fingerprint density at radius 1 is 0.833 bits per heavy atom. The molecule has 0 aliphatic heterocycles. The first-order valence-corrected chi connectivity index (χ1v) is 11.2. The number of rotatable bonds is 6. The second-order valence-corrected chi connectivity index (χ2v) is 7.85. The molecule has 0 spiro atoms. The van der Waals surface area contributed by atoms with Crippen LogP contribution in [0.3, 0.4) is 0 Å². The molecule has 7 heteroatoms. The molecule has 4 aromatic rings. The van der Waals surface area contributed by atoms with Gasteiger partial charge in [-0.25, -0.2) is 4.79 Å². The quantitative estimate of drug-likeness (QED) is 0.347. The van der Waals surface area contributed by atoms with Crippen molar-refractivity contribution >= 4 is 17.6 Å². The number of aromatic nitrogens is 1. The predicted molar refractivity (Wildman–Crippen MR) is 140 cm³/mol. The van der Waals surface area contributed by atoms with Crippen molar-refractivity contribution < 1.29 is 24.2 Å². The first kappa shape index (κ1) is 26.0. The van der Waals surface area contributed by atoms with Crippen LogP contribution in [0.15, 0.2) is 85.1 Å². The maximum Gasteiger partial charge on any atom is 0.337 e. The van der Waals surface area contributed by atoms with Crippen molar-refractivity contribution in [2.75, 3.05) is 19.5 Å². The van der Waals surface area contributed by atoms with Gasteiger partial charge in [-0.15, -0.1) is 0 Å². The summed E-state index contributed by atoms with van der Waals surface area (Å²) < 4.78 is 10.7. The predicted octanol–water partition coefficient (Wildman–Crippen LogP) is 6.02. The molecule has 0 saturated carbocycles. The third-order valence-corrected chi connectivity index (χ3v) is 5.49. The molecule has 1 aromatic heterocycles. The normalized spacial score (nSPS) is 10.0. The minimum Gasteiger partial charge on any atom is -0.497 e. The van der Waals surface area contributed by atoms with Crippen molar-refractivity contribution in [1.29, 1.82) is 0 Å². The van der Waals surface area contributed by atoms with Gasteiger partial charge < -0.3 is 19.9 Å². The van der Waals surface area contributed by atoms with E-state index in [0.717, 1.165) is 33.9 Å². The highest BCUT2D eigenvalue weighted by Gasteiger charge is 2.11. The van der Waals surface area contributed by atoms with Gasteiger partial charge in [0.15, 0.2) is 0 Å². The van der Waals surface area contributed by atoms with Gasteiger partial charge in [0.25, 0.3) is 5.91 Å². The van der Waals surface area contributed by atoms with E-state index in [4.69, 9.17) is 14.6 Å². The number of aromatic carboxylic acids is 1. The number of methoxy groups -OCH3 is 2. The lowest BCUT2D eigenvalue weighted by molar-refractivity contribution is 0.0695. The lowest BCUT2D eigenvalue weighted by atomic mass is 10.0. The lowest BCUT2D eigenvalue weighted by Gasteiger charge is -2.12. The maximum absolute atomic E-state index is 12.4. The average molecular weight is 485 g/mol. The number of ether oxygens (including phenoxy) is 2. The summed E-state index contributed by atoms with van der Waals surface area (Å²) in [6.07, 6.45) is 1.57. The highest BCUT2D eigenvalue weighted by atomic mass is 16.5. The molecule has 0 atom stereocenters. The summed E-state index contributed by atoms with van der Waals surface area (Å²) in [5.41, 5.74) is 5.09. The number of benzene rings is 3. The molecule has 2 N–H and O–H groups in total. The Bertz CT molecular complexity index is 1350. The van der Waals surface area contributed by atoms with Crippen LogP contribution in [-0.4, -0.2) is 36.2 Å². The summed E-state index contributed by atoms with van der Waals surface area (Å²) in [5, 5.41) is 11.5. The van der Waals surface area contributed by atoms with E-state index in [1.165, 1.54) is 6.07 Å². The fourth-order valence-electron chi connectivity index (χ4n) is 3.51. The number of pyridine rings is 1.